The third kappa shape index (κ3) is 3.76. The molecule has 1 amide bonds. The molecule has 4 rings (SSSR count). The Labute approximate surface area is 169 Å². The van der Waals surface area contributed by atoms with Crippen LogP contribution < -0.4 is 10.2 Å². The number of carbonyl (C=O) groups is 1. The molecule has 2 aromatic carbocycles. The summed E-state index contributed by atoms with van der Waals surface area (Å²) in [6, 6.07) is 17.5. The number of hydrogen-bond donors (Lipinski definition) is 1. The van der Waals surface area contributed by atoms with Crippen LogP contribution in [0.15, 0.2) is 54.6 Å². The SMILES string of the molecule is Cc1cc(C)n(Cc2cccc(NC3CCN(c4ccccc4Cl)C3=O)c2)n1. The van der Waals surface area contributed by atoms with Crippen LogP contribution in [0.4, 0.5) is 11.4 Å². The molecule has 2 heterocycles. The smallest absolute Gasteiger partial charge is 0.249 e. The van der Waals surface area contributed by atoms with Crippen molar-refractivity contribution in [3.05, 3.63) is 76.6 Å². The lowest BCUT2D eigenvalue weighted by molar-refractivity contribution is -0.117. The van der Waals surface area contributed by atoms with Crippen LogP contribution in [0, 0.1) is 13.8 Å². The van der Waals surface area contributed by atoms with E-state index in [1.54, 1.807) is 4.90 Å². The molecule has 5 nitrogen and oxygen atoms in total. The second-order valence-corrected chi connectivity index (χ2v) is 7.62. The number of aromatic nitrogens is 2. The summed E-state index contributed by atoms with van der Waals surface area (Å²) in [6.45, 7) is 5.42. The maximum atomic E-state index is 12.9. The summed E-state index contributed by atoms with van der Waals surface area (Å²) in [5.74, 6) is 0.0528. The summed E-state index contributed by atoms with van der Waals surface area (Å²) in [4.78, 5) is 14.6. The Morgan fingerprint density at radius 1 is 1.14 bits per heavy atom. The highest BCUT2D eigenvalue weighted by molar-refractivity contribution is 6.34. The average molecular weight is 395 g/mol. The first-order valence-corrected chi connectivity index (χ1v) is 9.81. The molecule has 1 aliphatic heterocycles. The van der Waals surface area contributed by atoms with Gasteiger partial charge in [0.2, 0.25) is 5.91 Å². The second kappa shape index (κ2) is 7.68. The molecular weight excluding hydrogens is 372 g/mol. The Hall–Kier alpha value is -2.79. The van der Waals surface area contributed by atoms with Crippen LogP contribution in [0.3, 0.4) is 0 Å². The van der Waals surface area contributed by atoms with Gasteiger partial charge in [0.25, 0.3) is 0 Å². The summed E-state index contributed by atoms with van der Waals surface area (Å²) >= 11 is 6.27. The van der Waals surface area contributed by atoms with E-state index < -0.39 is 0 Å². The van der Waals surface area contributed by atoms with Gasteiger partial charge in [0.15, 0.2) is 0 Å². The van der Waals surface area contributed by atoms with Gasteiger partial charge in [-0.3, -0.25) is 9.48 Å². The molecule has 1 N–H and O–H groups in total. The van der Waals surface area contributed by atoms with Crippen molar-refractivity contribution in [3.8, 4) is 0 Å². The number of halogens is 1. The van der Waals surface area contributed by atoms with Crippen molar-refractivity contribution in [1.82, 2.24) is 9.78 Å². The molecule has 1 aromatic heterocycles. The van der Waals surface area contributed by atoms with Crippen LogP contribution in [0.5, 0.6) is 0 Å². The van der Waals surface area contributed by atoms with Crippen LogP contribution in [0.1, 0.15) is 23.4 Å². The molecule has 0 aliphatic carbocycles. The lowest BCUT2D eigenvalue weighted by atomic mass is 10.1. The van der Waals surface area contributed by atoms with E-state index in [4.69, 9.17) is 11.6 Å². The molecule has 1 aliphatic rings. The number of benzene rings is 2. The molecule has 0 bridgehead atoms. The Kier molecular flexibility index (Phi) is 5.09. The monoisotopic (exact) mass is 394 g/mol. The van der Waals surface area contributed by atoms with Crippen molar-refractivity contribution in [3.63, 3.8) is 0 Å². The zero-order valence-corrected chi connectivity index (χ0v) is 16.8. The van der Waals surface area contributed by atoms with Crippen molar-refractivity contribution in [2.45, 2.75) is 32.9 Å². The standard InChI is InChI=1S/C22H23ClN4O/c1-15-12-16(2)27(25-15)14-17-6-5-7-18(13-17)24-20-10-11-26(22(20)28)21-9-4-3-8-19(21)23/h3-9,12-13,20,24H,10-11,14H2,1-2H3. The fourth-order valence-corrected chi connectivity index (χ4v) is 3.93. The number of para-hydroxylation sites is 1. The van der Waals surface area contributed by atoms with Gasteiger partial charge in [-0.2, -0.15) is 5.10 Å². The summed E-state index contributed by atoms with van der Waals surface area (Å²) in [5.41, 5.74) is 5.01. The number of amides is 1. The lowest BCUT2D eigenvalue weighted by Gasteiger charge is -2.19. The zero-order chi connectivity index (χ0) is 19.7. The maximum absolute atomic E-state index is 12.9. The number of nitrogens with zero attached hydrogens (tertiary/aromatic N) is 3. The Balaban J connectivity index is 1.47. The lowest BCUT2D eigenvalue weighted by Crippen LogP contribution is -2.33. The minimum atomic E-state index is -0.250. The first-order chi connectivity index (χ1) is 13.5. The van der Waals surface area contributed by atoms with E-state index in [2.05, 4.69) is 35.5 Å². The van der Waals surface area contributed by atoms with E-state index in [-0.39, 0.29) is 11.9 Å². The van der Waals surface area contributed by atoms with Gasteiger partial charge in [0, 0.05) is 17.9 Å². The van der Waals surface area contributed by atoms with Crippen LogP contribution in [0.2, 0.25) is 5.02 Å². The molecular formula is C22H23ClN4O. The van der Waals surface area contributed by atoms with Gasteiger partial charge >= 0.3 is 0 Å². The summed E-state index contributed by atoms with van der Waals surface area (Å²) in [5, 5.41) is 8.52. The molecule has 3 aromatic rings. The van der Waals surface area contributed by atoms with Crippen LogP contribution in [0.25, 0.3) is 0 Å². The summed E-state index contributed by atoms with van der Waals surface area (Å²) in [7, 11) is 0. The molecule has 0 saturated carbocycles. The van der Waals surface area contributed by atoms with Gasteiger partial charge in [-0.1, -0.05) is 35.9 Å². The third-order valence-electron chi connectivity index (χ3n) is 5.05. The molecule has 0 radical (unpaired) electrons. The van der Waals surface area contributed by atoms with Gasteiger partial charge < -0.3 is 10.2 Å². The number of anilines is 2. The van der Waals surface area contributed by atoms with Crippen LogP contribution in [-0.4, -0.2) is 28.3 Å². The second-order valence-electron chi connectivity index (χ2n) is 7.21. The number of carbonyl (C=O) groups excluding carboxylic acids is 1. The Bertz CT molecular complexity index is 1010. The van der Waals surface area contributed by atoms with E-state index in [1.807, 2.05) is 48.0 Å². The summed E-state index contributed by atoms with van der Waals surface area (Å²) in [6.07, 6.45) is 0.742. The van der Waals surface area contributed by atoms with Gasteiger partial charge in [0.1, 0.15) is 6.04 Å². The van der Waals surface area contributed by atoms with Crippen molar-refractivity contribution in [2.75, 3.05) is 16.8 Å². The van der Waals surface area contributed by atoms with E-state index >= 15 is 0 Å². The minimum absolute atomic E-state index is 0.0528. The molecule has 1 atom stereocenters. The first kappa shape index (κ1) is 18.6. The van der Waals surface area contributed by atoms with E-state index in [0.717, 1.165) is 34.7 Å². The molecule has 6 heteroatoms. The normalized spacial score (nSPS) is 16.6. The van der Waals surface area contributed by atoms with Gasteiger partial charge in [0.05, 0.1) is 22.9 Å². The van der Waals surface area contributed by atoms with E-state index in [9.17, 15) is 4.79 Å². The molecule has 1 saturated heterocycles. The topological polar surface area (TPSA) is 50.2 Å². The minimum Gasteiger partial charge on any atom is -0.374 e. The fraction of sp³-hybridized carbons (Fsp3) is 0.273. The number of nitrogens with one attached hydrogen (secondary N) is 1. The van der Waals surface area contributed by atoms with Crippen molar-refractivity contribution in [1.29, 1.82) is 0 Å². The van der Waals surface area contributed by atoms with E-state index in [1.165, 1.54) is 0 Å². The number of hydrogen-bond acceptors (Lipinski definition) is 3. The van der Waals surface area contributed by atoms with E-state index in [0.29, 0.717) is 18.1 Å². The number of rotatable bonds is 5. The summed E-state index contributed by atoms with van der Waals surface area (Å²) < 4.78 is 1.99. The highest BCUT2D eigenvalue weighted by atomic mass is 35.5. The highest BCUT2D eigenvalue weighted by Crippen LogP contribution is 2.30. The molecule has 1 fully saturated rings. The van der Waals surface area contributed by atoms with Crippen molar-refractivity contribution in [2.24, 2.45) is 0 Å². The molecule has 28 heavy (non-hydrogen) atoms. The predicted molar refractivity (Wildman–Crippen MR) is 113 cm³/mol. The molecule has 0 spiro atoms. The number of aryl methyl sites for hydroxylation is 2. The largest absolute Gasteiger partial charge is 0.374 e. The highest BCUT2D eigenvalue weighted by Gasteiger charge is 2.33. The van der Waals surface area contributed by atoms with Crippen molar-refractivity contribution >= 4 is 28.9 Å². The zero-order valence-electron chi connectivity index (χ0n) is 16.0. The third-order valence-corrected chi connectivity index (χ3v) is 5.37. The van der Waals surface area contributed by atoms with Gasteiger partial charge in [-0.15, -0.1) is 0 Å². The average Bonchev–Trinajstić information content (AvgIpc) is 3.18. The maximum Gasteiger partial charge on any atom is 0.249 e. The predicted octanol–water partition coefficient (Wildman–Crippen LogP) is 4.42. The fourth-order valence-electron chi connectivity index (χ4n) is 3.69. The van der Waals surface area contributed by atoms with Gasteiger partial charge in [-0.05, 0) is 56.2 Å². The Morgan fingerprint density at radius 2 is 1.96 bits per heavy atom. The van der Waals surface area contributed by atoms with Crippen LogP contribution >= 0.6 is 11.6 Å². The molecule has 144 valence electrons. The Morgan fingerprint density at radius 3 is 2.71 bits per heavy atom. The van der Waals surface area contributed by atoms with Crippen LogP contribution in [-0.2, 0) is 11.3 Å². The van der Waals surface area contributed by atoms with Crippen molar-refractivity contribution < 1.29 is 4.79 Å². The quantitative estimate of drug-likeness (QED) is 0.696. The molecule has 1 unspecified atom stereocenters. The first-order valence-electron chi connectivity index (χ1n) is 9.44. The van der Waals surface area contributed by atoms with Gasteiger partial charge in [-0.25, -0.2) is 0 Å².